The number of carbonyl (C=O) groups is 2. The lowest BCUT2D eigenvalue weighted by atomic mass is 10.3. The summed E-state index contributed by atoms with van der Waals surface area (Å²) in [5, 5.41) is 7.09. The minimum absolute atomic E-state index is 0.0651. The Morgan fingerprint density at radius 2 is 2.14 bits per heavy atom. The quantitative estimate of drug-likeness (QED) is 0.852. The molecule has 7 heteroatoms. The number of thiophene rings is 1. The van der Waals surface area contributed by atoms with Gasteiger partial charge < -0.3 is 15.4 Å². The van der Waals surface area contributed by atoms with Gasteiger partial charge in [0.2, 0.25) is 0 Å². The van der Waals surface area contributed by atoms with Crippen molar-refractivity contribution in [1.29, 1.82) is 0 Å². The number of benzene rings is 1. The van der Waals surface area contributed by atoms with Gasteiger partial charge in [0.25, 0.3) is 11.8 Å². The van der Waals surface area contributed by atoms with Gasteiger partial charge in [0.05, 0.1) is 0 Å². The highest BCUT2D eigenvalue weighted by Crippen LogP contribution is 2.24. The number of hydrogen-bond donors (Lipinski definition) is 2. The Kier molecular flexibility index (Phi) is 5.35. The maximum absolute atomic E-state index is 12.1. The van der Waals surface area contributed by atoms with Crippen molar-refractivity contribution in [1.82, 2.24) is 5.32 Å². The number of halogens is 1. The molecule has 2 aromatic rings. The molecule has 21 heavy (non-hydrogen) atoms. The molecule has 0 radical (unpaired) electrons. The Balaban J connectivity index is 2.02. The van der Waals surface area contributed by atoms with Crippen LogP contribution in [0.5, 0.6) is 5.75 Å². The normalized spacial score (nSPS) is 10.0. The summed E-state index contributed by atoms with van der Waals surface area (Å²) in [5.74, 6) is 0.105. The summed E-state index contributed by atoms with van der Waals surface area (Å²) in [7, 11) is 1.54. The van der Waals surface area contributed by atoms with Crippen LogP contribution in [0.15, 0.2) is 40.2 Å². The second-order valence-corrected chi connectivity index (χ2v) is 5.81. The highest BCUT2D eigenvalue weighted by atomic mass is 79.9. The summed E-state index contributed by atoms with van der Waals surface area (Å²) >= 11 is 4.68. The number of likely N-dealkylation sites (N-methyl/N-ethyl adjacent to an activating group) is 1. The monoisotopic (exact) mass is 368 g/mol. The summed E-state index contributed by atoms with van der Waals surface area (Å²) in [6.45, 7) is -0.0651. The van der Waals surface area contributed by atoms with E-state index < -0.39 is 0 Å². The van der Waals surface area contributed by atoms with Crippen LogP contribution in [0.25, 0.3) is 0 Å². The number of amides is 2. The first-order chi connectivity index (χ1) is 10.1. The second kappa shape index (κ2) is 7.24. The fourth-order valence-corrected chi connectivity index (χ4v) is 2.97. The van der Waals surface area contributed by atoms with Crippen LogP contribution < -0.4 is 15.4 Å². The molecule has 0 fully saturated rings. The Hall–Kier alpha value is -1.86. The van der Waals surface area contributed by atoms with Crippen LogP contribution in [-0.4, -0.2) is 25.5 Å². The molecule has 2 rings (SSSR count). The Morgan fingerprint density at radius 1 is 1.33 bits per heavy atom. The first-order valence-electron chi connectivity index (χ1n) is 6.08. The minimum Gasteiger partial charge on any atom is -0.484 e. The lowest BCUT2D eigenvalue weighted by Gasteiger charge is -2.08. The molecular weight excluding hydrogens is 356 g/mol. The van der Waals surface area contributed by atoms with Gasteiger partial charge in [-0.05, 0) is 39.5 Å². The summed E-state index contributed by atoms with van der Waals surface area (Å²) in [5.41, 5.74) is 0.606. The van der Waals surface area contributed by atoms with Crippen LogP contribution >= 0.6 is 27.3 Å². The lowest BCUT2D eigenvalue weighted by molar-refractivity contribution is -0.122. The van der Waals surface area contributed by atoms with Crippen LogP contribution in [-0.2, 0) is 4.79 Å². The van der Waals surface area contributed by atoms with Gasteiger partial charge in [0.15, 0.2) is 6.61 Å². The third kappa shape index (κ3) is 4.30. The molecule has 1 aromatic heterocycles. The Morgan fingerprint density at radius 3 is 2.81 bits per heavy atom. The van der Waals surface area contributed by atoms with Gasteiger partial charge in [-0.1, -0.05) is 6.07 Å². The van der Waals surface area contributed by atoms with Crippen LogP contribution in [0, 0.1) is 0 Å². The molecule has 0 atom stereocenters. The van der Waals surface area contributed by atoms with Crippen molar-refractivity contribution >= 4 is 44.8 Å². The summed E-state index contributed by atoms with van der Waals surface area (Å²) in [4.78, 5) is 23.8. The molecule has 0 saturated carbocycles. The lowest BCUT2D eigenvalue weighted by Crippen LogP contribution is -2.24. The standard InChI is InChI=1S/C14H13BrN2O3S/c1-16-12(18)8-20-10-4-2-3-9(7-10)17-14(19)13-11(15)5-6-21-13/h2-7H,8H2,1H3,(H,16,18)(H,17,19). The van der Waals surface area contributed by atoms with Crippen molar-refractivity contribution in [2.45, 2.75) is 0 Å². The van der Waals surface area contributed by atoms with E-state index in [0.717, 1.165) is 4.47 Å². The number of nitrogens with one attached hydrogen (secondary N) is 2. The van der Waals surface area contributed by atoms with E-state index in [1.165, 1.54) is 11.3 Å². The molecule has 0 aliphatic rings. The van der Waals surface area contributed by atoms with Gasteiger partial charge in [-0.2, -0.15) is 0 Å². The molecule has 5 nitrogen and oxygen atoms in total. The molecule has 2 amide bonds. The van der Waals surface area contributed by atoms with E-state index >= 15 is 0 Å². The number of rotatable bonds is 5. The molecule has 0 aliphatic carbocycles. The maximum atomic E-state index is 12.1. The van der Waals surface area contributed by atoms with E-state index in [4.69, 9.17) is 4.74 Å². The van der Waals surface area contributed by atoms with E-state index in [1.54, 1.807) is 31.3 Å². The molecular formula is C14H13BrN2O3S. The van der Waals surface area contributed by atoms with Gasteiger partial charge >= 0.3 is 0 Å². The predicted octanol–water partition coefficient (Wildman–Crippen LogP) is 2.89. The molecule has 1 aromatic carbocycles. The van der Waals surface area contributed by atoms with Crippen molar-refractivity contribution in [3.63, 3.8) is 0 Å². The van der Waals surface area contributed by atoms with E-state index in [2.05, 4.69) is 26.6 Å². The van der Waals surface area contributed by atoms with Crippen molar-refractivity contribution in [3.8, 4) is 5.75 Å². The van der Waals surface area contributed by atoms with E-state index in [1.807, 2.05) is 11.4 Å². The average Bonchev–Trinajstić information content (AvgIpc) is 2.91. The van der Waals surface area contributed by atoms with Crippen LogP contribution in [0.1, 0.15) is 9.67 Å². The van der Waals surface area contributed by atoms with Gasteiger partial charge in [0.1, 0.15) is 10.6 Å². The van der Waals surface area contributed by atoms with E-state index in [9.17, 15) is 9.59 Å². The molecule has 110 valence electrons. The van der Waals surface area contributed by atoms with E-state index in [-0.39, 0.29) is 18.4 Å². The topological polar surface area (TPSA) is 67.4 Å². The predicted molar refractivity (Wildman–Crippen MR) is 86.0 cm³/mol. The van der Waals surface area contributed by atoms with Crippen molar-refractivity contribution in [2.75, 3.05) is 19.0 Å². The third-order valence-corrected chi connectivity index (χ3v) is 4.40. The average molecular weight is 369 g/mol. The minimum atomic E-state index is -0.216. The molecule has 0 spiro atoms. The van der Waals surface area contributed by atoms with Gasteiger partial charge in [-0.25, -0.2) is 0 Å². The van der Waals surface area contributed by atoms with Crippen LogP contribution in [0.4, 0.5) is 5.69 Å². The second-order valence-electron chi connectivity index (χ2n) is 4.04. The Bertz CT molecular complexity index is 657. The van der Waals surface area contributed by atoms with Gasteiger partial charge in [-0.3, -0.25) is 9.59 Å². The highest BCUT2D eigenvalue weighted by Gasteiger charge is 2.12. The van der Waals surface area contributed by atoms with Crippen molar-refractivity contribution in [2.24, 2.45) is 0 Å². The van der Waals surface area contributed by atoms with Crippen LogP contribution in [0.3, 0.4) is 0 Å². The fourth-order valence-electron chi connectivity index (χ4n) is 1.53. The SMILES string of the molecule is CNC(=O)COc1cccc(NC(=O)c2sccc2Br)c1. The molecule has 0 unspecified atom stereocenters. The first kappa shape index (κ1) is 15.5. The number of anilines is 1. The van der Waals surface area contributed by atoms with E-state index in [0.29, 0.717) is 16.3 Å². The zero-order valence-corrected chi connectivity index (χ0v) is 13.6. The first-order valence-corrected chi connectivity index (χ1v) is 7.75. The molecule has 2 N–H and O–H groups in total. The third-order valence-electron chi connectivity index (χ3n) is 2.56. The smallest absolute Gasteiger partial charge is 0.266 e. The summed E-state index contributed by atoms with van der Waals surface area (Å²) in [6.07, 6.45) is 0. The van der Waals surface area contributed by atoms with Gasteiger partial charge in [0, 0.05) is 23.3 Å². The number of carbonyl (C=O) groups excluding carboxylic acids is 2. The Labute approximate surface area is 134 Å². The summed E-state index contributed by atoms with van der Waals surface area (Å²) < 4.78 is 6.09. The zero-order valence-electron chi connectivity index (χ0n) is 11.2. The molecule has 0 bridgehead atoms. The molecule has 1 heterocycles. The zero-order chi connectivity index (χ0) is 15.2. The van der Waals surface area contributed by atoms with Crippen LogP contribution in [0.2, 0.25) is 0 Å². The number of hydrogen-bond acceptors (Lipinski definition) is 4. The molecule has 0 saturated heterocycles. The van der Waals surface area contributed by atoms with Gasteiger partial charge in [-0.15, -0.1) is 11.3 Å². The summed E-state index contributed by atoms with van der Waals surface area (Å²) in [6, 6.07) is 8.72. The van der Waals surface area contributed by atoms with Crippen molar-refractivity contribution in [3.05, 3.63) is 45.1 Å². The largest absolute Gasteiger partial charge is 0.484 e. The molecule has 0 aliphatic heterocycles. The maximum Gasteiger partial charge on any atom is 0.266 e. The number of ether oxygens (including phenoxy) is 1. The van der Waals surface area contributed by atoms with Crippen molar-refractivity contribution < 1.29 is 14.3 Å². The fraction of sp³-hybridized carbons (Fsp3) is 0.143. The highest BCUT2D eigenvalue weighted by molar-refractivity contribution is 9.10.